The summed E-state index contributed by atoms with van der Waals surface area (Å²) in [5.74, 6) is -1.79. The van der Waals surface area contributed by atoms with Gasteiger partial charge in [-0.3, -0.25) is 18.7 Å². The Bertz CT molecular complexity index is 972. The summed E-state index contributed by atoms with van der Waals surface area (Å²) < 4.78 is 6.90. The highest BCUT2D eigenvalue weighted by molar-refractivity contribution is 6.02. The molecule has 2 rings (SSSR count). The standard InChI is InChI=1S/C18H21N3O6/c1-3-8-21-15(19)14(16(24)20(2)18(21)26)13(23)10-27-17(25)12-6-4-11(9-22)5-7-12/h4-7,22H,3,8-10,19H2,1-2H3. The van der Waals surface area contributed by atoms with E-state index in [1.54, 1.807) is 12.1 Å². The van der Waals surface area contributed by atoms with Crippen molar-refractivity contribution in [2.45, 2.75) is 26.5 Å². The molecule has 0 unspecified atom stereocenters. The molecule has 1 heterocycles. The number of hydrogen-bond acceptors (Lipinski definition) is 7. The van der Waals surface area contributed by atoms with E-state index in [0.717, 1.165) is 9.13 Å². The molecule has 0 aliphatic rings. The average molecular weight is 375 g/mol. The molecule has 3 N–H and O–H groups in total. The molecule has 27 heavy (non-hydrogen) atoms. The number of aliphatic hydroxyl groups excluding tert-OH is 1. The van der Waals surface area contributed by atoms with Crippen molar-refractivity contribution < 1.29 is 19.4 Å². The number of carbonyl (C=O) groups excluding carboxylic acids is 2. The van der Waals surface area contributed by atoms with Crippen LogP contribution in [0.1, 0.15) is 39.6 Å². The lowest BCUT2D eigenvalue weighted by molar-refractivity contribution is 0.0474. The van der Waals surface area contributed by atoms with Gasteiger partial charge in [0.2, 0.25) is 5.78 Å². The van der Waals surface area contributed by atoms with Crippen LogP contribution in [0.15, 0.2) is 33.9 Å². The van der Waals surface area contributed by atoms with Crippen LogP contribution in [0, 0.1) is 0 Å². The van der Waals surface area contributed by atoms with Gasteiger partial charge in [-0.25, -0.2) is 9.59 Å². The van der Waals surface area contributed by atoms with Crippen molar-refractivity contribution in [3.05, 3.63) is 61.8 Å². The van der Waals surface area contributed by atoms with Crippen molar-refractivity contribution in [2.24, 2.45) is 7.05 Å². The summed E-state index contributed by atoms with van der Waals surface area (Å²) >= 11 is 0. The van der Waals surface area contributed by atoms with E-state index in [-0.39, 0.29) is 30.1 Å². The molecule has 0 radical (unpaired) electrons. The zero-order chi connectivity index (χ0) is 20.1. The third-order valence-electron chi connectivity index (χ3n) is 4.02. The van der Waals surface area contributed by atoms with E-state index in [1.807, 2.05) is 6.92 Å². The number of aliphatic hydroxyl groups is 1. The van der Waals surface area contributed by atoms with E-state index in [9.17, 15) is 19.2 Å². The van der Waals surface area contributed by atoms with Crippen molar-refractivity contribution in [3.63, 3.8) is 0 Å². The topological polar surface area (TPSA) is 134 Å². The van der Waals surface area contributed by atoms with Gasteiger partial charge in [0.15, 0.2) is 6.61 Å². The molecular weight excluding hydrogens is 354 g/mol. The van der Waals surface area contributed by atoms with Crippen LogP contribution in [0.25, 0.3) is 0 Å². The molecule has 2 aromatic rings. The number of esters is 1. The summed E-state index contributed by atoms with van der Waals surface area (Å²) in [5.41, 5.74) is 4.84. The van der Waals surface area contributed by atoms with Gasteiger partial charge in [-0.1, -0.05) is 19.1 Å². The molecule has 0 fully saturated rings. The number of benzene rings is 1. The minimum absolute atomic E-state index is 0.163. The van der Waals surface area contributed by atoms with Gasteiger partial charge in [0, 0.05) is 13.6 Å². The normalized spacial score (nSPS) is 10.6. The molecule has 9 nitrogen and oxygen atoms in total. The molecule has 0 bridgehead atoms. The molecule has 0 amide bonds. The fraction of sp³-hybridized carbons (Fsp3) is 0.333. The zero-order valence-corrected chi connectivity index (χ0v) is 15.1. The molecule has 1 aromatic heterocycles. The number of Topliss-reactive ketones (excluding diaryl/α,β-unsaturated/α-hetero) is 1. The second kappa shape index (κ2) is 8.45. The van der Waals surface area contributed by atoms with Crippen LogP contribution in [-0.4, -0.2) is 32.6 Å². The Morgan fingerprint density at radius 2 is 1.81 bits per heavy atom. The predicted octanol–water partition coefficient (Wildman–Crippen LogP) is 0.0712. The molecule has 0 spiro atoms. The number of aromatic nitrogens is 2. The maximum absolute atomic E-state index is 12.4. The first kappa shape index (κ1) is 20.1. The van der Waals surface area contributed by atoms with Crippen molar-refractivity contribution in [3.8, 4) is 0 Å². The lowest BCUT2D eigenvalue weighted by Crippen LogP contribution is -2.43. The number of ketones is 1. The Hall–Kier alpha value is -3.20. The second-order valence-corrected chi connectivity index (χ2v) is 5.91. The van der Waals surface area contributed by atoms with Crippen molar-refractivity contribution in [1.29, 1.82) is 0 Å². The smallest absolute Gasteiger partial charge is 0.338 e. The third kappa shape index (κ3) is 4.14. The Kier molecular flexibility index (Phi) is 6.30. The van der Waals surface area contributed by atoms with Gasteiger partial charge in [0.1, 0.15) is 11.4 Å². The van der Waals surface area contributed by atoms with Gasteiger partial charge in [0.25, 0.3) is 5.56 Å². The van der Waals surface area contributed by atoms with Gasteiger partial charge in [0.05, 0.1) is 12.2 Å². The first-order chi connectivity index (χ1) is 12.8. The first-order valence-corrected chi connectivity index (χ1v) is 8.31. The van der Waals surface area contributed by atoms with E-state index in [2.05, 4.69) is 0 Å². The molecule has 1 aromatic carbocycles. The van der Waals surface area contributed by atoms with Gasteiger partial charge in [-0.05, 0) is 24.1 Å². The van der Waals surface area contributed by atoms with E-state index in [4.69, 9.17) is 15.6 Å². The van der Waals surface area contributed by atoms with Crippen LogP contribution in [0.5, 0.6) is 0 Å². The first-order valence-electron chi connectivity index (χ1n) is 8.31. The number of anilines is 1. The van der Waals surface area contributed by atoms with Crippen molar-refractivity contribution in [2.75, 3.05) is 12.3 Å². The lowest BCUT2D eigenvalue weighted by atomic mass is 10.1. The highest BCUT2D eigenvalue weighted by Crippen LogP contribution is 2.09. The Balaban J connectivity index is 2.24. The van der Waals surface area contributed by atoms with E-state index < -0.39 is 29.6 Å². The number of nitrogens with zero attached hydrogens (tertiary/aromatic N) is 2. The largest absolute Gasteiger partial charge is 0.454 e. The molecule has 0 atom stereocenters. The monoisotopic (exact) mass is 375 g/mol. The zero-order valence-electron chi connectivity index (χ0n) is 15.1. The highest BCUT2D eigenvalue weighted by Gasteiger charge is 2.22. The molecule has 0 saturated carbocycles. The van der Waals surface area contributed by atoms with E-state index >= 15 is 0 Å². The summed E-state index contributed by atoms with van der Waals surface area (Å²) in [6.45, 7) is 1.21. The van der Waals surface area contributed by atoms with Crippen LogP contribution < -0.4 is 17.0 Å². The molecule has 0 saturated heterocycles. The van der Waals surface area contributed by atoms with Gasteiger partial charge in [-0.2, -0.15) is 0 Å². The summed E-state index contributed by atoms with van der Waals surface area (Å²) in [6.07, 6.45) is 0.578. The molecular formula is C18H21N3O6. The van der Waals surface area contributed by atoms with Crippen LogP contribution in [0.4, 0.5) is 5.82 Å². The minimum Gasteiger partial charge on any atom is -0.454 e. The number of nitrogens with two attached hydrogens (primary N) is 1. The number of ether oxygens (including phenoxy) is 1. The Labute approximate surface area is 154 Å². The molecule has 9 heteroatoms. The van der Waals surface area contributed by atoms with Crippen molar-refractivity contribution in [1.82, 2.24) is 9.13 Å². The van der Waals surface area contributed by atoms with Gasteiger partial charge >= 0.3 is 11.7 Å². The molecule has 0 aliphatic carbocycles. The third-order valence-corrected chi connectivity index (χ3v) is 4.02. The summed E-state index contributed by atoms with van der Waals surface area (Å²) in [7, 11) is 1.25. The predicted molar refractivity (Wildman–Crippen MR) is 97.6 cm³/mol. The number of nitrogen functional groups attached to an aromatic ring is 1. The van der Waals surface area contributed by atoms with Crippen molar-refractivity contribution >= 4 is 17.6 Å². The van der Waals surface area contributed by atoms with Crippen LogP contribution in [0.3, 0.4) is 0 Å². The highest BCUT2D eigenvalue weighted by atomic mass is 16.5. The maximum atomic E-state index is 12.4. The Morgan fingerprint density at radius 3 is 2.37 bits per heavy atom. The molecule has 144 valence electrons. The molecule has 0 aliphatic heterocycles. The van der Waals surface area contributed by atoms with Crippen LogP contribution >= 0.6 is 0 Å². The van der Waals surface area contributed by atoms with Gasteiger partial charge < -0.3 is 15.6 Å². The maximum Gasteiger partial charge on any atom is 0.338 e. The Morgan fingerprint density at radius 1 is 1.19 bits per heavy atom. The summed E-state index contributed by atoms with van der Waals surface area (Å²) in [4.78, 5) is 48.8. The van der Waals surface area contributed by atoms with E-state index in [0.29, 0.717) is 12.0 Å². The number of carbonyl (C=O) groups is 2. The summed E-state index contributed by atoms with van der Waals surface area (Å²) in [6, 6.07) is 6.00. The number of rotatable bonds is 7. The minimum atomic E-state index is -0.835. The number of hydrogen-bond donors (Lipinski definition) is 2. The van der Waals surface area contributed by atoms with Gasteiger partial charge in [-0.15, -0.1) is 0 Å². The quantitative estimate of drug-likeness (QED) is 0.517. The lowest BCUT2D eigenvalue weighted by Gasteiger charge is -2.13. The average Bonchev–Trinajstić information content (AvgIpc) is 2.68. The van der Waals surface area contributed by atoms with Crippen LogP contribution in [0.2, 0.25) is 0 Å². The second-order valence-electron chi connectivity index (χ2n) is 5.91. The van der Waals surface area contributed by atoms with E-state index in [1.165, 1.54) is 19.2 Å². The fourth-order valence-electron chi connectivity index (χ4n) is 2.52. The SMILES string of the molecule is CCCn1c(N)c(C(=O)COC(=O)c2ccc(CO)cc2)c(=O)n(C)c1=O. The van der Waals surface area contributed by atoms with Crippen LogP contribution in [-0.2, 0) is 24.9 Å². The fourth-order valence-corrected chi connectivity index (χ4v) is 2.52. The summed E-state index contributed by atoms with van der Waals surface area (Å²) in [5, 5.41) is 9.00.